The molecule has 0 radical (unpaired) electrons. The van der Waals surface area contributed by atoms with Crippen molar-refractivity contribution in [3.8, 4) is 11.3 Å². The van der Waals surface area contributed by atoms with Gasteiger partial charge >= 0.3 is 0 Å². The minimum absolute atomic E-state index is 0.0377. The molecule has 5 rings (SSSR count). The zero-order valence-electron chi connectivity index (χ0n) is 19.8. The lowest BCUT2D eigenvalue weighted by Gasteiger charge is -2.32. The van der Waals surface area contributed by atoms with Gasteiger partial charge in [0.25, 0.3) is 0 Å². The molecule has 174 valence electrons. The first-order valence-electron chi connectivity index (χ1n) is 12.1. The molecule has 0 atom stereocenters. The molecule has 0 bridgehead atoms. The van der Waals surface area contributed by atoms with Gasteiger partial charge in [-0.3, -0.25) is 4.79 Å². The lowest BCUT2D eigenvalue weighted by atomic mass is 9.95. The molecule has 6 nitrogen and oxygen atoms in total. The van der Waals surface area contributed by atoms with Crippen LogP contribution in [0.3, 0.4) is 0 Å². The number of fused-ring (bicyclic) bond motifs is 1. The third kappa shape index (κ3) is 4.67. The van der Waals surface area contributed by atoms with Crippen LogP contribution in [0.25, 0.3) is 16.8 Å². The fourth-order valence-corrected chi connectivity index (χ4v) is 4.61. The van der Waals surface area contributed by atoms with Crippen molar-refractivity contribution in [1.82, 2.24) is 19.9 Å². The van der Waals surface area contributed by atoms with E-state index in [0.29, 0.717) is 12.5 Å². The van der Waals surface area contributed by atoms with Gasteiger partial charge in [-0.2, -0.15) is 5.10 Å². The summed E-state index contributed by atoms with van der Waals surface area (Å²) < 4.78 is 1.90. The number of hydrogen-bond donors (Lipinski definition) is 1. The maximum absolute atomic E-state index is 12.8. The zero-order chi connectivity index (χ0) is 23.5. The fourth-order valence-electron chi connectivity index (χ4n) is 4.61. The van der Waals surface area contributed by atoms with Crippen LogP contribution in [0.5, 0.6) is 0 Å². The number of nitrogens with one attached hydrogen (secondary N) is 1. The van der Waals surface area contributed by atoms with Gasteiger partial charge < -0.3 is 10.2 Å². The summed E-state index contributed by atoms with van der Waals surface area (Å²) in [5, 5.41) is 7.87. The van der Waals surface area contributed by atoms with E-state index >= 15 is 0 Å². The Morgan fingerprint density at radius 3 is 2.50 bits per heavy atom. The molecule has 0 aliphatic carbocycles. The minimum Gasteiger partial charge on any atom is -0.355 e. The second-order valence-electron chi connectivity index (χ2n) is 9.35. The molecular formula is C28H31N5O. The summed E-state index contributed by atoms with van der Waals surface area (Å²) in [7, 11) is 0. The number of aromatic nitrogens is 3. The standard InChI is InChI=1S/C28H31N5O/c1-20(2)22-10-8-21(9-11-22)19-30-28(34)24-12-15-32(16-13-24)27-26-18-25(23-6-4-3-5-7-23)31-33(26)17-14-29-27/h3-11,14,17-18,20,24H,12-13,15-16,19H2,1-2H3,(H,30,34). The molecule has 2 aromatic carbocycles. The molecule has 0 saturated carbocycles. The predicted molar refractivity (Wildman–Crippen MR) is 136 cm³/mol. The lowest BCUT2D eigenvalue weighted by Crippen LogP contribution is -2.40. The zero-order valence-corrected chi connectivity index (χ0v) is 19.8. The number of carbonyl (C=O) groups excluding carboxylic acids is 1. The number of carbonyl (C=O) groups is 1. The van der Waals surface area contributed by atoms with Crippen LogP contribution in [0.1, 0.15) is 43.7 Å². The van der Waals surface area contributed by atoms with Gasteiger partial charge in [-0.05, 0) is 36.0 Å². The molecule has 4 aromatic rings. The summed E-state index contributed by atoms with van der Waals surface area (Å²) >= 11 is 0. The van der Waals surface area contributed by atoms with E-state index in [1.54, 1.807) is 6.20 Å². The number of piperidine rings is 1. The number of amides is 1. The smallest absolute Gasteiger partial charge is 0.223 e. The normalized spacial score (nSPS) is 14.6. The largest absolute Gasteiger partial charge is 0.355 e. The molecule has 3 heterocycles. The highest BCUT2D eigenvalue weighted by Gasteiger charge is 2.26. The Labute approximate surface area is 200 Å². The molecule has 1 N–H and O–H groups in total. The Morgan fingerprint density at radius 1 is 1.06 bits per heavy atom. The highest BCUT2D eigenvalue weighted by atomic mass is 16.1. The maximum Gasteiger partial charge on any atom is 0.223 e. The highest BCUT2D eigenvalue weighted by Crippen LogP contribution is 2.28. The summed E-state index contributed by atoms with van der Waals surface area (Å²) in [4.78, 5) is 19.7. The van der Waals surface area contributed by atoms with Crippen molar-refractivity contribution in [3.63, 3.8) is 0 Å². The molecule has 1 amide bonds. The van der Waals surface area contributed by atoms with Crippen molar-refractivity contribution in [2.75, 3.05) is 18.0 Å². The average Bonchev–Trinajstić information content (AvgIpc) is 3.33. The molecule has 0 spiro atoms. The second kappa shape index (κ2) is 9.67. The quantitative estimate of drug-likeness (QED) is 0.444. The molecule has 1 saturated heterocycles. The van der Waals surface area contributed by atoms with E-state index in [1.807, 2.05) is 28.9 Å². The summed E-state index contributed by atoms with van der Waals surface area (Å²) in [6.45, 7) is 6.57. The first kappa shape index (κ1) is 22.1. The monoisotopic (exact) mass is 453 g/mol. The third-order valence-corrected chi connectivity index (χ3v) is 6.72. The molecule has 0 unspecified atom stereocenters. The molecule has 34 heavy (non-hydrogen) atoms. The van der Waals surface area contributed by atoms with Crippen LogP contribution in [0.15, 0.2) is 73.1 Å². The van der Waals surface area contributed by atoms with E-state index in [4.69, 9.17) is 5.10 Å². The van der Waals surface area contributed by atoms with E-state index < -0.39 is 0 Å². The van der Waals surface area contributed by atoms with Gasteiger partial charge in [-0.15, -0.1) is 0 Å². The van der Waals surface area contributed by atoms with Crippen molar-refractivity contribution in [1.29, 1.82) is 0 Å². The van der Waals surface area contributed by atoms with E-state index in [0.717, 1.165) is 54.1 Å². The van der Waals surface area contributed by atoms with Crippen LogP contribution in [0.2, 0.25) is 0 Å². The Hall–Kier alpha value is -3.67. The van der Waals surface area contributed by atoms with Gasteiger partial charge in [-0.25, -0.2) is 9.50 Å². The topological polar surface area (TPSA) is 62.5 Å². The van der Waals surface area contributed by atoms with Crippen molar-refractivity contribution < 1.29 is 4.79 Å². The second-order valence-corrected chi connectivity index (χ2v) is 9.35. The molecular weight excluding hydrogens is 422 g/mol. The SMILES string of the molecule is CC(C)c1ccc(CNC(=O)C2CCN(c3nccn4nc(-c5ccccc5)cc34)CC2)cc1. The Kier molecular flexibility index (Phi) is 6.30. The minimum atomic E-state index is 0.0377. The first-order chi connectivity index (χ1) is 16.6. The van der Waals surface area contributed by atoms with Crippen molar-refractivity contribution >= 4 is 17.2 Å². The third-order valence-electron chi connectivity index (χ3n) is 6.72. The maximum atomic E-state index is 12.8. The first-order valence-corrected chi connectivity index (χ1v) is 12.1. The van der Waals surface area contributed by atoms with Crippen LogP contribution in [0, 0.1) is 5.92 Å². The van der Waals surface area contributed by atoms with Crippen LogP contribution in [-0.2, 0) is 11.3 Å². The van der Waals surface area contributed by atoms with Crippen LogP contribution < -0.4 is 10.2 Å². The highest BCUT2D eigenvalue weighted by molar-refractivity contribution is 5.79. The summed E-state index contributed by atoms with van der Waals surface area (Å²) in [5.74, 6) is 1.63. The average molecular weight is 454 g/mol. The Morgan fingerprint density at radius 2 is 1.79 bits per heavy atom. The van der Waals surface area contributed by atoms with E-state index in [9.17, 15) is 4.79 Å². The molecule has 1 fully saturated rings. The van der Waals surface area contributed by atoms with Crippen LogP contribution in [-0.4, -0.2) is 33.6 Å². The fraction of sp³-hybridized carbons (Fsp3) is 0.321. The number of nitrogens with zero attached hydrogens (tertiary/aromatic N) is 4. The number of hydrogen-bond acceptors (Lipinski definition) is 4. The number of benzene rings is 2. The van der Waals surface area contributed by atoms with E-state index in [-0.39, 0.29) is 11.8 Å². The van der Waals surface area contributed by atoms with Crippen LogP contribution in [0.4, 0.5) is 5.82 Å². The van der Waals surface area contributed by atoms with Gasteiger partial charge in [-0.1, -0.05) is 68.4 Å². The van der Waals surface area contributed by atoms with Crippen molar-refractivity contribution in [2.24, 2.45) is 5.92 Å². The molecule has 6 heteroatoms. The molecule has 2 aromatic heterocycles. The van der Waals surface area contributed by atoms with E-state index in [1.165, 1.54) is 5.56 Å². The van der Waals surface area contributed by atoms with Gasteiger partial charge in [0, 0.05) is 43.5 Å². The van der Waals surface area contributed by atoms with Gasteiger partial charge in [0.1, 0.15) is 5.52 Å². The molecule has 1 aliphatic rings. The van der Waals surface area contributed by atoms with Crippen LogP contribution >= 0.6 is 0 Å². The van der Waals surface area contributed by atoms with Crippen molar-refractivity contribution in [2.45, 2.75) is 39.2 Å². The van der Waals surface area contributed by atoms with Gasteiger partial charge in [0.15, 0.2) is 5.82 Å². The summed E-state index contributed by atoms with van der Waals surface area (Å²) in [6, 6.07) is 20.8. The Balaban J connectivity index is 1.21. The van der Waals surface area contributed by atoms with Crippen molar-refractivity contribution in [3.05, 3.63) is 84.2 Å². The number of rotatable bonds is 6. The lowest BCUT2D eigenvalue weighted by molar-refractivity contribution is -0.125. The van der Waals surface area contributed by atoms with Gasteiger partial charge in [0.05, 0.1) is 5.69 Å². The number of anilines is 1. The van der Waals surface area contributed by atoms with Gasteiger partial charge in [0.2, 0.25) is 5.91 Å². The summed E-state index contributed by atoms with van der Waals surface area (Å²) in [5.41, 5.74) is 5.48. The molecule has 1 aliphatic heterocycles. The Bertz CT molecular complexity index is 1260. The summed E-state index contributed by atoms with van der Waals surface area (Å²) in [6.07, 6.45) is 5.33. The van der Waals surface area contributed by atoms with E-state index in [2.05, 4.69) is 71.5 Å². The predicted octanol–water partition coefficient (Wildman–Crippen LogP) is 5.05.